The van der Waals surface area contributed by atoms with Crippen molar-refractivity contribution in [2.45, 2.75) is 13.8 Å². The Bertz CT molecular complexity index is 110. The number of carbonyl (C=O) groups is 1. The van der Waals surface area contributed by atoms with Gasteiger partial charge in [-0.05, 0) is 13.8 Å². The molecular weight excluding hydrogens is 118 g/mol. The highest BCUT2D eigenvalue weighted by molar-refractivity contribution is 5.81. The second-order valence-corrected chi connectivity index (χ2v) is 2.57. The molecule has 1 radical (unpaired) electrons. The molecule has 0 saturated carbocycles. The van der Waals surface area contributed by atoms with Gasteiger partial charge in [-0.1, -0.05) is 0 Å². The molecule has 0 aliphatic heterocycles. The molecule has 0 aromatic heterocycles. The van der Waals surface area contributed by atoms with Gasteiger partial charge >= 0.3 is 0 Å². The summed E-state index contributed by atoms with van der Waals surface area (Å²) in [5.41, 5.74) is -0.700. The zero-order valence-corrected chi connectivity index (χ0v) is 6.01. The fourth-order valence-electron chi connectivity index (χ4n) is 0.370. The van der Waals surface area contributed by atoms with Gasteiger partial charge in [0, 0.05) is 7.05 Å². The first kappa shape index (κ1) is 8.43. The number of nitrogens with zero attached hydrogens (tertiary/aromatic N) is 1. The lowest BCUT2D eigenvalue weighted by molar-refractivity contribution is -0.131. The zero-order chi connectivity index (χ0) is 7.49. The normalized spacial score (nSPS) is 11.1. The molecule has 0 bridgehead atoms. The van der Waals surface area contributed by atoms with Crippen LogP contribution in [0.25, 0.3) is 0 Å². The van der Waals surface area contributed by atoms with Crippen LogP contribution < -0.4 is 5.32 Å². The van der Waals surface area contributed by atoms with Crippen LogP contribution in [0, 0.1) is 5.41 Å². The van der Waals surface area contributed by atoms with Crippen LogP contribution in [0.1, 0.15) is 13.8 Å². The lowest BCUT2D eigenvalue weighted by Crippen LogP contribution is -2.33. The number of rotatable bonds is 2. The van der Waals surface area contributed by atoms with E-state index in [1.807, 2.05) is 0 Å². The van der Waals surface area contributed by atoms with E-state index in [2.05, 4.69) is 5.32 Å². The van der Waals surface area contributed by atoms with E-state index in [0.717, 1.165) is 0 Å². The highest BCUT2D eigenvalue weighted by atomic mass is 16.3. The van der Waals surface area contributed by atoms with E-state index < -0.39 is 5.41 Å². The van der Waals surface area contributed by atoms with Crippen molar-refractivity contribution in [3.63, 3.8) is 0 Å². The molecule has 0 aromatic carbocycles. The maximum Gasteiger partial charge on any atom is 0.248 e. The Kier molecular flexibility index (Phi) is 2.65. The van der Waals surface area contributed by atoms with Crippen molar-refractivity contribution in [3.8, 4) is 0 Å². The van der Waals surface area contributed by atoms with E-state index >= 15 is 0 Å². The summed E-state index contributed by atoms with van der Waals surface area (Å²) in [6.07, 6.45) is 0. The fraction of sp³-hybridized carbons (Fsp3) is 0.833. The summed E-state index contributed by atoms with van der Waals surface area (Å²) in [5, 5.41) is 12.0. The molecule has 9 heavy (non-hydrogen) atoms. The zero-order valence-electron chi connectivity index (χ0n) is 6.01. The summed E-state index contributed by atoms with van der Waals surface area (Å²) in [7, 11) is 1.43. The summed E-state index contributed by atoms with van der Waals surface area (Å²) in [6.45, 7) is 3.16. The molecule has 0 aromatic rings. The maximum atomic E-state index is 10.7. The second kappa shape index (κ2) is 2.82. The molecule has 0 fully saturated rings. The van der Waals surface area contributed by atoms with Crippen LogP contribution in [-0.2, 0) is 4.79 Å². The van der Waals surface area contributed by atoms with E-state index in [9.17, 15) is 4.79 Å². The van der Waals surface area contributed by atoms with E-state index in [1.54, 1.807) is 13.8 Å². The molecule has 3 heteroatoms. The predicted octanol–water partition coefficient (Wildman–Crippen LogP) is -0.234. The Morgan fingerprint density at radius 1 is 1.67 bits per heavy atom. The highest BCUT2D eigenvalue weighted by Crippen LogP contribution is 2.12. The maximum absolute atomic E-state index is 10.7. The van der Waals surface area contributed by atoms with Gasteiger partial charge < -0.3 is 5.11 Å². The lowest BCUT2D eigenvalue weighted by Gasteiger charge is -2.16. The van der Waals surface area contributed by atoms with Crippen LogP contribution >= 0.6 is 0 Å². The van der Waals surface area contributed by atoms with E-state index in [1.165, 1.54) is 7.05 Å². The third-order valence-corrected chi connectivity index (χ3v) is 1.18. The molecule has 0 aliphatic carbocycles. The van der Waals surface area contributed by atoms with Crippen LogP contribution in [0.15, 0.2) is 0 Å². The molecule has 0 spiro atoms. The van der Waals surface area contributed by atoms with Crippen molar-refractivity contribution in [1.29, 1.82) is 0 Å². The van der Waals surface area contributed by atoms with Crippen LogP contribution in [0.4, 0.5) is 0 Å². The Morgan fingerprint density at radius 3 is 2.22 bits per heavy atom. The number of aliphatic hydroxyl groups excluding tert-OH is 1. The largest absolute Gasteiger partial charge is 0.395 e. The molecule has 3 nitrogen and oxygen atoms in total. The van der Waals surface area contributed by atoms with Crippen LogP contribution in [0.3, 0.4) is 0 Å². The highest BCUT2D eigenvalue weighted by Gasteiger charge is 2.25. The molecular formula is C6H12NO2. The van der Waals surface area contributed by atoms with Crippen molar-refractivity contribution in [2.75, 3.05) is 13.7 Å². The molecule has 0 unspecified atom stereocenters. The van der Waals surface area contributed by atoms with Crippen molar-refractivity contribution in [1.82, 2.24) is 5.32 Å². The van der Waals surface area contributed by atoms with Gasteiger partial charge in [-0.2, -0.15) is 0 Å². The standard InChI is InChI=1S/C6H12NO2/c1-6(2,4-8)5(9)7-3/h8H,4H2,1-3H3. The van der Waals surface area contributed by atoms with Crippen LogP contribution in [0.5, 0.6) is 0 Å². The van der Waals surface area contributed by atoms with Gasteiger partial charge in [0.25, 0.3) is 0 Å². The molecule has 53 valence electrons. The number of hydrogen-bond donors (Lipinski definition) is 1. The Morgan fingerprint density at radius 2 is 2.11 bits per heavy atom. The van der Waals surface area contributed by atoms with Crippen molar-refractivity contribution < 1.29 is 9.90 Å². The first-order valence-electron chi connectivity index (χ1n) is 2.79. The smallest absolute Gasteiger partial charge is 0.248 e. The molecule has 1 amide bonds. The Hall–Kier alpha value is -0.570. The SMILES string of the molecule is C[N]C(=O)C(C)(C)CO. The summed E-state index contributed by atoms with van der Waals surface area (Å²) in [5.74, 6) is -0.259. The number of carbonyl (C=O) groups excluding carboxylic acids is 1. The summed E-state index contributed by atoms with van der Waals surface area (Å²) >= 11 is 0. The van der Waals surface area contributed by atoms with Crippen LogP contribution in [-0.4, -0.2) is 24.7 Å². The minimum atomic E-state index is -0.700. The van der Waals surface area contributed by atoms with Gasteiger partial charge in [-0.25, -0.2) is 0 Å². The number of aliphatic hydroxyl groups is 1. The van der Waals surface area contributed by atoms with Gasteiger partial charge in [0.2, 0.25) is 5.91 Å². The predicted molar refractivity (Wildman–Crippen MR) is 33.9 cm³/mol. The first-order valence-corrected chi connectivity index (χ1v) is 2.79. The molecule has 0 rings (SSSR count). The van der Waals surface area contributed by atoms with E-state index in [4.69, 9.17) is 5.11 Å². The minimum Gasteiger partial charge on any atom is -0.395 e. The Balaban J connectivity index is 3.97. The lowest BCUT2D eigenvalue weighted by atomic mass is 9.94. The number of hydrogen-bond acceptors (Lipinski definition) is 2. The quantitative estimate of drug-likeness (QED) is 0.561. The third-order valence-electron chi connectivity index (χ3n) is 1.18. The van der Waals surface area contributed by atoms with E-state index in [-0.39, 0.29) is 12.5 Å². The number of amides is 1. The van der Waals surface area contributed by atoms with Crippen LogP contribution in [0.2, 0.25) is 0 Å². The summed E-state index contributed by atoms with van der Waals surface area (Å²) in [4.78, 5) is 10.7. The first-order chi connectivity index (χ1) is 4.04. The Labute approximate surface area is 55.1 Å². The topological polar surface area (TPSA) is 51.4 Å². The molecule has 0 aliphatic rings. The van der Waals surface area contributed by atoms with Crippen molar-refractivity contribution in [2.24, 2.45) is 5.41 Å². The summed E-state index contributed by atoms with van der Waals surface area (Å²) in [6, 6.07) is 0. The molecule has 0 saturated heterocycles. The van der Waals surface area contributed by atoms with Gasteiger partial charge in [0.1, 0.15) is 0 Å². The average molecular weight is 130 g/mol. The minimum absolute atomic E-state index is 0.150. The average Bonchev–Trinajstić information content (AvgIpc) is 1.86. The molecule has 0 atom stereocenters. The fourth-order valence-corrected chi connectivity index (χ4v) is 0.370. The second-order valence-electron chi connectivity index (χ2n) is 2.57. The van der Waals surface area contributed by atoms with Crippen molar-refractivity contribution >= 4 is 5.91 Å². The van der Waals surface area contributed by atoms with Gasteiger partial charge in [0.05, 0.1) is 12.0 Å². The van der Waals surface area contributed by atoms with Crippen molar-refractivity contribution in [3.05, 3.63) is 0 Å². The molecule has 1 N–H and O–H groups in total. The monoisotopic (exact) mass is 130 g/mol. The molecule has 0 heterocycles. The van der Waals surface area contributed by atoms with Gasteiger partial charge in [0.15, 0.2) is 0 Å². The van der Waals surface area contributed by atoms with E-state index in [0.29, 0.717) is 0 Å². The van der Waals surface area contributed by atoms with Gasteiger partial charge in [-0.15, -0.1) is 0 Å². The summed E-state index contributed by atoms with van der Waals surface area (Å²) < 4.78 is 0. The van der Waals surface area contributed by atoms with Gasteiger partial charge in [-0.3, -0.25) is 10.1 Å². The third kappa shape index (κ3) is 2.01.